The molecule has 0 N–H and O–H groups in total. The van der Waals surface area contributed by atoms with E-state index in [0.29, 0.717) is 5.82 Å². The average molecular weight is 627 g/mol. The lowest BCUT2D eigenvalue weighted by molar-refractivity contribution is 1.09. The molecule has 9 rings (SSSR count). The second-order valence-electron chi connectivity index (χ2n) is 12.2. The maximum absolute atomic E-state index is 5.01. The van der Waals surface area contributed by atoms with Gasteiger partial charge in [-0.05, 0) is 69.4 Å². The van der Waals surface area contributed by atoms with Gasteiger partial charge in [-0.15, -0.1) is 0 Å². The molecule has 0 aliphatic carbocycles. The molecule has 230 valence electrons. The lowest BCUT2D eigenvalue weighted by Gasteiger charge is -2.12. The molecule has 49 heavy (non-hydrogen) atoms. The summed E-state index contributed by atoms with van der Waals surface area (Å²) >= 11 is 0. The van der Waals surface area contributed by atoms with Gasteiger partial charge in [0.05, 0.1) is 22.4 Å². The van der Waals surface area contributed by atoms with Gasteiger partial charge in [0, 0.05) is 22.4 Å². The number of para-hydroxylation sites is 2. The van der Waals surface area contributed by atoms with Crippen molar-refractivity contribution in [2.45, 2.75) is 0 Å². The quantitative estimate of drug-likeness (QED) is 0.184. The normalized spacial score (nSPS) is 11.3. The van der Waals surface area contributed by atoms with Crippen LogP contribution in [0.25, 0.3) is 83.6 Å². The Hall–Kier alpha value is -6.65. The summed E-state index contributed by atoms with van der Waals surface area (Å²) in [5.74, 6) is 0.710. The van der Waals surface area contributed by atoms with E-state index in [1.165, 1.54) is 27.5 Å². The van der Waals surface area contributed by atoms with Crippen LogP contribution in [-0.4, -0.2) is 19.5 Å². The molecule has 4 nitrogen and oxygen atoms in total. The smallest absolute Gasteiger partial charge is 0.160 e. The van der Waals surface area contributed by atoms with Crippen molar-refractivity contribution in [1.82, 2.24) is 19.5 Å². The summed E-state index contributed by atoms with van der Waals surface area (Å²) in [6, 6.07) is 61.4. The van der Waals surface area contributed by atoms with E-state index in [1.807, 2.05) is 60.9 Å². The molecule has 0 aliphatic heterocycles. The van der Waals surface area contributed by atoms with Crippen molar-refractivity contribution in [1.29, 1.82) is 0 Å². The number of hydrogen-bond acceptors (Lipinski definition) is 3. The number of benzene rings is 7. The van der Waals surface area contributed by atoms with Crippen molar-refractivity contribution >= 4 is 21.8 Å². The van der Waals surface area contributed by atoms with Crippen molar-refractivity contribution in [3.63, 3.8) is 0 Å². The van der Waals surface area contributed by atoms with Gasteiger partial charge in [-0.25, -0.2) is 15.0 Å². The topological polar surface area (TPSA) is 43.6 Å². The molecule has 2 aromatic heterocycles. The van der Waals surface area contributed by atoms with Crippen LogP contribution in [0.15, 0.2) is 182 Å². The van der Waals surface area contributed by atoms with Gasteiger partial charge in [-0.3, -0.25) is 4.57 Å². The average Bonchev–Trinajstić information content (AvgIpc) is 3.62. The Kier molecular flexibility index (Phi) is 7.10. The fourth-order valence-electron chi connectivity index (χ4n) is 6.58. The van der Waals surface area contributed by atoms with Gasteiger partial charge in [0.15, 0.2) is 5.82 Å². The minimum Gasteiger partial charge on any atom is -0.299 e. The van der Waals surface area contributed by atoms with Gasteiger partial charge < -0.3 is 0 Å². The molecule has 4 heteroatoms. The molecule has 0 aliphatic rings. The Balaban J connectivity index is 1.03. The van der Waals surface area contributed by atoms with Crippen LogP contribution in [0.2, 0.25) is 0 Å². The van der Waals surface area contributed by atoms with Crippen LogP contribution in [-0.2, 0) is 0 Å². The van der Waals surface area contributed by atoms with Crippen LogP contribution in [0.1, 0.15) is 0 Å². The first kappa shape index (κ1) is 28.6. The Labute approximate surface area is 284 Å². The number of rotatable bonds is 6. The maximum Gasteiger partial charge on any atom is 0.160 e. The van der Waals surface area contributed by atoms with E-state index in [2.05, 4.69) is 131 Å². The first-order valence-electron chi connectivity index (χ1n) is 16.4. The van der Waals surface area contributed by atoms with Gasteiger partial charge in [-0.2, -0.15) is 0 Å². The van der Waals surface area contributed by atoms with Crippen LogP contribution in [0, 0.1) is 0 Å². The highest BCUT2D eigenvalue weighted by Crippen LogP contribution is 2.34. The zero-order chi connectivity index (χ0) is 32.6. The van der Waals surface area contributed by atoms with E-state index >= 15 is 0 Å². The van der Waals surface area contributed by atoms with Crippen molar-refractivity contribution in [2.75, 3.05) is 0 Å². The zero-order valence-electron chi connectivity index (χ0n) is 26.6. The largest absolute Gasteiger partial charge is 0.299 e. The predicted molar refractivity (Wildman–Crippen MR) is 201 cm³/mol. The summed E-state index contributed by atoms with van der Waals surface area (Å²) in [5, 5.41) is 2.42. The third kappa shape index (κ3) is 5.45. The third-order valence-electron chi connectivity index (χ3n) is 9.13. The van der Waals surface area contributed by atoms with E-state index in [1.54, 1.807) is 0 Å². The maximum atomic E-state index is 5.01. The predicted octanol–water partition coefficient (Wildman–Crippen LogP) is 11.3. The highest BCUT2D eigenvalue weighted by atomic mass is 15.0. The summed E-state index contributed by atoms with van der Waals surface area (Å²) < 4.78 is 2.13. The monoisotopic (exact) mass is 626 g/mol. The first-order chi connectivity index (χ1) is 24.3. The number of hydrogen-bond donors (Lipinski definition) is 0. The molecule has 0 fully saturated rings. The molecule has 0 saturated carbocycles. The number of imidazole rings is 1. The van der Waals surface area contributed by atoms with E-state index in [-0.39, 0.29) is 0 Å². The Bertz CT molecular complexity index is 2510. The zero-order valence-corrected chi connectivity index (χ0v) is 26.6. The van der Waals surface area contributed by atoms with E-state index in [0.717, 1.165) is 50.4 Å². The summed E-state index contributed by atoms with van der Waals surface area (Å²) in [4.78, 5) is 14.6. The summed E-state index contributed by atoms with van der Waals surface area (Å²) in [6.45, 7) is 0. The summed E-state index contributed by atoms with van der Waals surface area (Å²) in [6.07, 6.45) is 1.89. The van der Waals surface area contributed by atoms with Crippen molar-refractivity contribution in [3.8, 4) is 61.8 Å². The highest BCUT2D eigenvalue weighted by molar-refractivity contribution is 5.99. The molecule has 0 amide bonds. The van der Waals surface area contributed by atoms with Gasteiger partial charge in [0.2, 0.25) is 0 Å². The SMILES string of the molecule is c1ccc(-c2cc(-c3ccccc3)nc(-c3ccc(-c4cccc5cc(-c6ccc(-n7cnc8ccccc87)cc6)ccc45)cc3)n2)cc1. The number of aromatic nitrogens is 4. The highest BCUT2D eigenvalue weighted by Gasteiger charge is 2.12. The van der Waals surface area contributed by atoms with Gasteiger partial charge in [0.1, 0.15) is 6.33 Å². The molecule has 9 aromatic rings. The lowest BCUT2D eigenvalue weighted by atomic mass is 9.94. The minimum absolute atomic E-state index is 0.710. The van der Waals surface area contributed by atoms with Crippen molar-refractivity contribution < 1.29 is 0 Å². The number of fused-ring (bicyclic) bond motifs is 2. The Morgan fingerprint density at radius 1 is 0.408 bits per heavy atom. The van der Waals surface area contributed by atoms with Crippen LogP contribution in [0.4, 0.5) is 0 Å². The second-order valence-corrected chi connectivity index (χ2v) is 12.2. The third-order valence-corrected chi connectivity index (χ3v) is 9.13. The molecule has 0 atom stereocenters. The molecular weight excluding hydrogens is 597 g/mol. The molecule has 0 radical (unpaired) electrons. The summed E-state index contributed by atoms with van der Waals surface area (Å²) in [7, 11) is 0. The van der Waals surface area contributed by atoms with Crippen molar-refractivity contribution in [2.24, 2.45) is 0 Å². The number of nitrogens with zero attached hydrogens (tertiary/aromatic N) is 4. The van der Waals surface area contributed by atoms with Crippen molar-refractivity contribution in [3.05, 3.63) is 182 Å². The lowest BCUT2D eigenvalue weighted by Crippen LogP contribution is -1.96. The van der Waals surface area contributed by atoms with E-state index < -0.39 is 0 Å². The molecular formula is C45H30N4. The van der Waals surface area contributed by atoms with Crippen LogP contribution < -0.4 is 0 Å². The van der Waals surface area contributed by atoms with Gasteiger partial charge in [0.25, 0.3) is 0 Å². The van der Waals surface area contributed by atoms with E-state index in [9.17, 15) is 0 Å². The fraction of sp³-hybridized carbons (Fsp3) is 0. The molecule has 0 saturated heterocycles. The first-order valence-corrected chi connectivity index (χ1v) is 16.4. The Morgan fingerprint density at radius 2 is 1.02 bits per heavy atom. The fourth-order valence-corrected chi connectivity index (χ4v) is 6.58. The van der Waals surface area contributed by atoms with E-state index in [4.69, 9.17) is 9.97 Å². The van der Waals surface area contributed by atoms with Crippen LogP contribution in [0.5, 0.6) is 0 Å². The molecule has 7 aromatic carbocycles. The van der Waals surface area contributed by atoms with Crippen LogP contribution >= 0.6 is 0 Å². The molecule has 0 spiro atoms. The van der Waals surface area contributed by atoms with Gasteiger partial charge >= 0.3 is 0 Å². The molecule has 2 heterocycles. The Morgan fingerprint density at radius 3 is 1.73 bits per heavy atom. The molecule has 0 unspecified atom stereocenters. The minimum atomic E-state index is 0.710. The standard InChI is InChI=1S/C45H30N4/c1-3-10-33(11-4-1)42-29-43(34-12-5-2-6-13-34)48-45(47-42)35-20-18-32(19-21-35)39-15-9-14-37-28-36(24-27-40(37)39)31-22-25-38(26-23-31)49-30-46-41-16-7-8-17-44(41)49/h1-30H. The van der Waals surface area contributed by atoms with Crippen LogP contribution in [0.3, 0.4) is 0 Å². The summed E-state index contributed by atoms with van der Waals surface area (Å²) in [5.41, 5.74) is 12.8. The van der Waals surface area contributed by atoms with Gasteiger partial charge in [-0.1, -0.05) is 140 Å². The second kappa shape index (κ2) is 12.2. The molecule has 0 bridgehead atoms.